The van der Waals surface area contributed by atoms with Crippen molar-refractivity contribution >= 4 is 23.2 Å². The van der Waals surface area contributed by atoms with Crippen molar-refractivity contribution in [2.24, 2.45) is 0 Å². The Kier molecular flexibility index (Phi) is 6.95. The lowest BCUT2D eigenvalue weighted by molar-refractivity contribution is -0.118. The van der Waals surface area contributed by atoms with Crippen molar-refractivity contribution in [3.05, 3.63) is 72.3 Å². The fourth-order valence-electron chi connectivity index (χ4n) is 2.65. The number of rotatable bonds is 8. The number of carbonyl (C=O) groups is 2. The molecule has 0 aromatic heterocycles. The fourth-order valence-corrected chi connectivity index (χ4v) is 2.65. The van der Waals surface area contributed by atoms with Crippen molar-refractivity contribution < 1.29 is 29.3 Å². The van der Waals surface area contributed by atoms with Crippen LogP contribution in [0, 0.1) is 6.92 Å². The second-order valence-electron chi connectivity index (χ2n) is 6.69. The summed E-state index contributed by atoms with van der Waals surface area (Å²) in [6.07, 6.45) is 0. The van der Waals surface area contributed by atoms with E-state index in [1.54, 1.807) is 49.4 Å². The maximum atomic E-state index is 12.0. The third-order valence-corrected chi connectivity index (χ3v) is 4.18. The second kappa shape index (κ2) is 10.0. The lowest BCUT2D eigenvalue weighted by Gasteiger charge is -2.12. The van der Waals surface area contributed by atoms with E-state index in [-0.39, 0.29) is 36.5 Å². The van der Waals surface area contributed by atoms with Gasteiger partial charge in [0.25, 0.3) is 11.8 Å². The molecule has 160 valence electrons. The molecule has 0 atom stereocenters. The number of carbonyl (C=O) groups excluding carboxylic acids is 2. The van der Waals surface area contributed by atoms with Crippen LogP contribution in [0.25, 0.3) is 0 Å². The third kappa shape index (κ3) is 6.67. The van der Waals surface area contributed by atoms with Crippen molar-refractivity contribution in [2.45, 2.75) is 6.92 Å². The van der Waals surface area contributed by atoms with Crippen LogP contribution in [0.2, 0.25) is 0 Å². The predicted molar refractivity (Wildman–Crippen MR) is 116 cm³/mol. The van der Waals surface area contributed by atoms with E-state index in [4.69, 9.17) is 9.47 Å². The van der Waals surface area contributed by atoms with Crippen LogP contribution < -0.4 is 20.1 Å². The number of nitrogens with one attached hydrogen (secondary N) is 2. The number of benzene rings is 3. The summed E-state index contributed by atoms with van der Waals surface area (Å²) in [6.45, 7) is 1.43. The number of hydrogen-bond acceptors (Lipinski definition) is 6. The molecule has 31 heavy (non-hydrogen) atoms. The molecule has 3 aromatic rings. The van der Waals surface area contributed by atoms with Crippen LogP contribution >= 0.6 is 0 Å². The minimum atomic E-state index is -0.338. The Morgan fingerprint density at radius 3 is 1.71 bits per heavy atom. The molecule has 0 aliphatic carbocycles. The average molecular weight is 422 g/mol. The first-order valence-electron chi connectivity index (χ1n) is 9.43. The summed E-state index contributed by atoms with van der Waals surface area (Å²) < 4.78 is 11.0. The van der Waals surface area contributed by atoms with Gasteiger partial charge in [0.05, 0.1) is 0 Å². The van der Waals surface area contributed by atoms with Gasteiger partial charge in [-0.3, -0.25) is 9.59 Å². The smallest absolute Gasteiger partial charge is 0.262 e. The summed E-state index contributed by atoms with van der Waals surface area (Å²) in [5.74, 6) is 0.557. The van der Waals surface area contributed by atoms with Crippen LogP contribution in [-0.2, 0) is 9.59 Å². The molecule has 0 saturated heterocycles. The van der Waals surface area contributed by atoms with Gasteiger partial charge in [-0.25, -0.2) is 0 Å². The van der Waals surface area contributed by atoms with Gasteiger partial charge in [-0.15, -0.1) is 0 Å². The topological polar surface area (TPSA) is 117 Å². The molecule has 0 aliphatic rings. The van der Waals surface area contributed by atoms with Gasteiger partial charge in [0.15, 0.2) is 13.2 Å². The highest BCUT2D eigenvalue weighted by molar-refractivity contribution is 5.92. The van der Waals surface area contributed by atoms with E-state index < -0.39 is 0 Å². The zero-order valence-electron chi connectivity index (χ0n) is 16.8. The Balaban J connectivity index is 1.46. The highest BCUT2D eigenvalue weighted by Crippen LogP contribution is 2.24. The number of phenolic OH excluding ortho intramolecular Hbond substituents is 2. The van der Waals surface area contributed by atoms with Gasteiger partial charge >= 0.3 is 0 Å². The van der Waals surface area contributed by atoms with Crippen molar-refractivity contribution in [3.63, 3.8) is 0 Å². The highest BCUT2D eigenvalue weighted by atomic mass is 16.5. The zero-order valence-corrected chi connectivity index (χ0v) is 16.8. The Hall–Kier alpha value is -4.20. The number of ether oxygens (including phenoxy) is 2. The Labute approximate surface area is 179 Å². The fraction of sp³-hybridized carbons (Fsp3) is 0.130. The number of amides is 2. The largest absolute Gasteiger partial charge is 0.508 e. The first kappa shape index (κ1) is 21.5. The van der Waals surface area contributed by atoms with Gasteiger partial charge in [0.2, 0.25) is 0 Å². The zero-order chi connectivity index (χ0) is 22.2. The van der Waals surface area contributed by atoms with Crippen LogP contribution in [0.5, 0.6) is 23.0 Å². The molecule has 0 spiro atoms. The molecule has 0 heterocycles. The van der Waals surface area contributed by atoms with Crippen LogP contribution in [0.15, 0.2) is 66.7 Å². The average Bonchev–Trinajstić information content (AvgIpc) is 2.75. The van der Waals surface area contributed by atoms with Gasteiger partial charge in [0, 0.05) is 11.4 Å². The third-order valence-electron chi connectivity index (χ3n) is 4.18. The molecule has 8 heteroatoms. The molecule has 0 fully saturated rings. The number of aromatic hydroxyl groups is 2. The van der Waals surface area contributed by atoms with Gasteiger partial charge in [-0.05, 0) is 79.2 Å². The standard InChI is InChI=1S/C23H22N2O6/c1-15-12-20(30-13-22(28)24-16-2-6-18(26)7-3-16)10-11-21(15)31-14-23(29)25-17-4-8-19(27)9-5-17/h2-12,26-27H,13-14H2,1H3,(H,24,28)(H,25,29). The maximum absolute atomic E-state index is 12.0. The SMILES string of the molecule is Cc1cc(OCC(=O)Nc2ccc(O)cc2)ccc1OCC(=O)Nc1ccc(O)cc1. The molecule has 0 unspecified atom stereocenters. The molecule has 0 saturated carbocycles. The van der Waals surface area contributed by atoms with E-state index in [0.717, 1.165) is 5.56 Å². The maximum Gasteiger partial charge on any atom is 0.262 e. The van der Waals surface area contributed by atoms with E-state index in [2.05, 4.69) is 10.6 Å². The Morgan fingerprint density at radius 2 is 1.23 bits per heavy atom. The van der Waals surface area contributed by atoms with Gasteiger partial charge < -0.3 is 30.3 Å². The molecular weight excluding hydrogens is 400 g/mol. The van der Waals surface area contributed by atoms with Crippen molar-refractivity contribution in [2.75, 3.05) is 23.8 Å². The van der Waals surface area contributed by atoms with E-state index >= 15 is 0 Å². The molecule has 0 radical (unpaired) electrons. The summed E-state index contributed by atoms with van der Waals surface area (Å²) in [6, 6.07) is 17.3. The van der Waals surface area contributed by atoms with Crippen LogP contribution in [0.4, 0.5) is 11.4 Å². The normalized spacial score (nSPS) is 10.2. The quantitative estimate of drug-likeness (QED) is 0.413. The predicted octanol–water partition coefficient (Wildman–Crippen LogP) is 3.44. The van der Waals surface area contributed by atoms with E-state index in [1.165, 1.54) is 24.3 Å². The summed E-state index contributed by atoms with van der Waals surface area (Å²) in [5.41, 5.74) is 1.85. The first-order chi connectivity index (χ1) is 14.9. The summed E-state index contributed by atoms with van der Waals surface area (Å²) in [5, 5.41) is 23.8. The van der Waals surface area contributed by atoms with Crippen LogP contribution in [0.1, 0.15) is 5.56 Å². The summed E-state index contributed by atoms with van der Waals surface area (Å²) in [4.78, 5) is 24.0. The summed E-state index contributed by atoms with van der Waals surface area (Å²) >= 11 is 0. The van der Waals surface area contributed by atoms with Gasteiger partial charge in [-0.2, -0.15) is 0 Å². The lowest BCUT2D eigenvalue weighted by Crippen LogP contribution is -2.20. The number of anilines is 2. The number of hydrogen-bond donors (Lipinski definition) is 4. The minimum Gasteiger partial charge on any atom is -0.508 e. The summed E-state index contributed by atoms with van der Waals surface area (Å²) in [7, 11) is 0. The van der Waals surface area contributed by atoms with Crippen molar-refractivity contribution in [1.82, 2.24) is 0 Å². The van der Waals surface area contributed by atoms with Crippen LogP contribution in [-0.4, -0.2) is 35.2 Å². The molecule has 0 bridgehead atoms. The van der Waals surface area contributed by atoms with E-state index in [9.17, 15) is 19.8 Å². The monoisotopic (exact) mass is 422 g/mol. The molecule has 8 nitrogen and oxygen atoms in total. The number of aryl methyl sites for hydroxylation is 1. The Bertz CT molecular complexity index is 1050. The number of phenols is 2. The molecule has 3 aromatic carbocycles. The molecular formula is C23H22N2O6. The Morgan fingerprint density at radius 1 is 0.742 bits per heavy atom. The highest BCUT2D eigenvalue weighted by Gasteiger charge is 2.09. The van der Waals surface area contributed by atoms with Crippen LogP contribution in [0.3, 0.4) is 0 Å². The van der Waals surface area contributed by atoms with E-state index in [0.29, 0.717) is 22.9 Å². The molecule has 0 aliphatic heterocycles. The second-order valence-corrected chi connectivity index (χ2v) is 6.69. The molecule has 2 amide bonds. The van der Waals surface area contributed by atoms with Crippen molar-refractivity contribution in [1.29, 1.82) is 0 Å². The van der Waals surface area contributed by atoms with E-state index in [1.807, 2.05) is 0 Å². The van der Waals surface area contributed by atoms with Gasteiger partial charge in [0.1, 0.15) is 23.0 Å². The molecule has 4 N–H and O–H groups in total. The first-order valence-corrected chi connectivity index (χ1v) is 9.43. The molecule has 3 rings (SSSR count). The van der Waals surface area contributed by atoms with Crippen molar-refractivity contribution in [3.8, 4) is 23.0 Å². The van der Waals surface area contributed by atoms with Gasteiger partial charge in [-0.1, -0.05) is 0 Å². The minimum absolute atomic E-state index is 0.116. The lowest BCUT2D eigenvalue weighted by atomic mass is 10.2.